The van der Waals surface area contributed by atoms with Gasteiger partial charge in [-0.3, -0.25) is 9.59 Å². The number of carbonyl (C=O) groups excluding carboxylic acids is 2. The zero-order valence-corrected chi connectivity index (χ0v) is 15.9. The topological polar surface area (TPSA) is 58.6 Å². The van der Waals surface area contributed by atoms with E-state index in [4.69, 9.17) is 4.74 Å². The van der Waals surface area contributed by atoms with Crippen LogP contribution in [0.5, 0.6) is 0 Å². The minimum absolute atomic E-state index is 0.0128. The third-order valence-electron chi connectivity index (χ3n) is 5.18. The quantitative estimate of drug-likeness (QED) is 0.507. The highest BCUT2D eigenvalue weighted by Crippen LogP contribution is 2.27. The number of rotatable bonds is 10. The third-order valence-corrected chi connectivity index (χ3v) is 5.18. The van der Waals surface area contributed by atoms with E-state index in [2.05, 4.69) is 11.9 Å². The van der Waals surface area contributed by atoms with Crippen molar-refractivity contribution in [3.05, 3.63) is 48.6 Å². The first kappa shape index (κ1) is 19.6. The lowest BCUT2D eigenvalue weighted by molar-refractivity contribution is -0.148. The van der Waals surface area contributed by atoms with Gasteiger partial charge in [0.2, 0.25) is 5.91 Å². The van der Waals surface area contributed by atoms with Crippen molar-refractivity contribution in [1.29, 1.82) is 0 Å². The van der Waals surface area contributed by atoms with Crippen LogP contribution in [0.2, 0.25) is 0 Å². The van der Waals surface area contributed by atoms with E-state index in [-0.39, 0.29) is 17.9 Å². The smallest absolute Gasteiger partial charge is 0.257 e. The third kappa shape index (κ3) is 5.42. The summed E-state index contributed by atoms with van der Waals surface area (Å²) in [5, 5.41) is 3.04. The molecule has 2 amide bonds. The molecule has 5 nitrogen and oxygen atoms in total. The Morgan fingerprint density at radius 3 is 2.70 bits per heavy atom. The predicted molar refractivity (Wildman–Crippen MR) is 105 cm³/mol. The van der Waals surface area contributed by atoms with Gasteiger partial charge in [0.05, 0.1) is 0 Å². The number of nitrogens with zero attached hydrogens (tertiary/aromatic N) is 1. The van der Waals surface area contributed by atoms with E-state index in [1.54, 1.807) is 4.90 Å². The van der Waals surface area contributed by atoms with Crippen LogP contribution in [0.4, 0.5) is 0 Å². The van der Waals surface area contributed by atoms with Gasteiger partial charge in [0.1, 0.15) is 6.04 Å². The average molecular weight is 370 g/mol. The predicted octanol–water partition coefficient (Wildman–Crippen LogP) is 3.37. The molecule has 0 bridgehead atoms. The molecule has 1 saturated heterocycles. The van der Waals surface area contributed by atoms with Crippen molar-refractivity contribution in [2.75, 3.05) is 13.2 Å². The van der Waals surface area contributed by atoms with Gasteiger partial charge in [0.15, 0.2) is 6.10 Å². The molecular formula is C22H30N2O3. The van der Waals surface area contributed by atoms with E-state index in [0.29, 0.717) is 19.2 Å². The van der Waals surface area contributed by atoms with Crippen molar-refractivity contribution >= 4 is 11.8 Å². The molecule has 27 heavy (non-hydrogen) atoms. The van der Waals surface area contributed by atoms with E-state index in [1.165, 1.54) is 0 Å². The Hall–Kier alpha value is -2.14. The summed E-state index contributed by atoms with van der Waals surface area (Å²) in [5.74, 6) is -0.112. The molecule has 3 rings (SSSR count). The number of unbranched alkanes of at least 4 members (excludes halogenated alkanes) is 2. The lowest BCUT2D eigenvalue weighted by Crippen LogP contribution is -2.48. The van der Waals surface area contributed by atoms with E-state index in [9.17, 15) is 9.59 Å². The van der Waals surface area contributed by atoms with E-state index in [1.807, 2.05) is 36.4 Å². The molecule has 0 radical (unpaired) electrons. The summed E-state index contributed by atoms with van der Waals surface area (Å²) in [6.45, 7) is 4.87. The fraction of sp³-hybridized carbons (Fsp3) is 0.545. The number of benzene rings is 1. The molecule has 1 aliphatic carbocycles. The Balaban J connectivity index is 1.67. The van der Waals surface area contributed by atoms with Crippen molar-refractivity contribution in [2.24, 2.45) is 0 Å². The number of amides is 2. The second-order valence-electron chi connectivity index (χ2n) is 7.42. The van der Waals surface area contributed by atoms with Crippen LogP contribution in [-0.4, -0.2) is 41.9 Å². The van der Waals surface area contributed by atoms with Gasteiger partial charge in [-0.1, -0.05) is 36.4 Å². The first-order chi connectivity index (χ1) is 13.2. The Labute approximate surface area is 161 Å². The number of ether oxygens (including phenoxy) is 1. The van der Waals surface area contributed by atoms with Crippen LogP contribution >= 0.6 is 0 Å². The second kappa shape index (κ2) is 9.70. The van der Waals surface area contributed by atoms with Gasteiger partial charge in [0.25, 0.3) is 5.91 Å². The highest BCUT2D eigenvalue weighted by molar-refractivity contribution is 5.90. The Kier molecular flexibility index (Phi) is 7.04. The van der Waals surface area contributed by atoms with Crippen molar-refractivity contribution in [1.82, 2.24) is 10.2 Å². The summed E-state index contributed by atoms with van der Waals surface area (Å²) in [5.41, 5.74) is 0.847. The minimum atomic E-state index is -0.649. The number of allylic oxidation sites excluding steroid dienone is 1. The van der Waals surface area contributed by atoms with Crippen LogP contribution in [0, 0.1) is 0 Å². The largest absolute Gasteiger partial charge is 0.364 e. The Morgan fingerprint density at radius 2 is 2.00 bits per heavy atom. The van der Waals surface area contributed by atoms with Crippen molar-refractivity contribution in [3.63, 3.8) is 0 Å². The molecule has 2 fully saturated rings. The zero-order chi connectivity index (χ0) is 19.1. The summed E-state index contributed by atoms with van der Waals surface area (Å²) in [4.78, 5) is 27.6. The normalized spacial score (nSPS) is 20.3. The summed E-state index contributed by atoms with van der Waals surface area (Å²) in [7, 11) is 0. The molecule has 1 aromatic rings. The number of hydrogen-bond acceptors (Lipinski definition) is 3. The Morgan fingerprint density at radius 1 is 1.22 bits per heavy atom. The van der Waals surface area contributed by atoms with E-state index < -0.39 is 6.10 Å². The van der Waals surface area contributed by atoms with Gasteiger partial charge in [-0.15, -0.1) is 6.58 Å². The zero-order valence-electron chi connectivity index (χ0n) is 15.9. The molecule has 0 aromatic heterocycles. The minimum Gasteiger partial charge on any atom is -0.364 e. The van der Waals surface area contributed by atoms with Gasteiger partial charge in [-0.05, 0) is 50.5 Å². The summed E-state index contributed by atoms with van der Waals surface area (Å²) in [6.07, 6.45) is 7.75. The average Bonchev–Trinajstić information content (AvgIpc) is 3.36. The molecule has 1 aromatic carbocycles. The number of nitrogens with one attached hydrogen (secondary N) is 1. The molecule has 1 N–H and O–H groups in total. The molecule has 1 saturated carbocycles. The van der Waals surface area contributed by atoms with Gasteiger partial charge in [-0.2, -0.15) is 0 Å². The molecule has 2 aliphatic rings. The van der Waals surface area contributed by atoms with Crippen molar-refractivity contribution in [3.8, 4) is 0 Å². The van der Waals surface area contributed by atoms with Crippen molar-refractivity contribution < 1.29 is 14.3 Å². The van der Waals surface area contributed by atoms with Crippen LogP contribution in [0.3, 0.4) is 0 Å². The van der Waals surface area contributed by atoms with Crippen molar-refractivity contribution in [2.45, 2.75) is 63.1 Å². The van der Waals surface area contributed by atoms with Gasteiger partial charge in [-0.25, -0.2) is 0 Å². The van der Waals surface area contributed by atoms with Crippen LogP contribution in [-0.2, 0) is 14.3 Å². The fourth-order valence-electron chi connectivity index (χ4n) is 3.51. The maximum atomic E-state index is 13.3. The lowest BCUT2D eigenvalue weighted by Gasteiger charge is -2.28. The monoisotopic (exact) mass is 370 g/mol. The molecule has 146 valence electrons. The lowest BCUT2D eigenvalue weighted by atomic mass is 10.1. The first-order valence-electron chi connectivity index (χ1n) is 10.1. The van der Waals surface area contributed by atoms with Crippen LogP contribution in [0.1, 0.15) is 56.6 Å². The van der Waals surface area contributed by atoms with Crippen LogP contribution < -0.4 is 5.32 Å². The molecule has 1 heterocycles. The maximum absolute atomic E-state index is 13.3. The van der Waals surface area contributed by atoms with E-state index in [0.717, 1.165) is 50.5 Å². The van der Waals surface area contributed by atoms with Crippen LogP contribution in [0.25, 0.3) is 0 Å². The van der Waals surface area contributed by atoms with Crippen LogP contribution in [0.15, 0.2) is 43.0 Å². The standard InChI is InChI=1S/C22H30N2O3/c1-2-3-4-8-16-27-20(17-10-6-5-7-11-17)22(26)24-15-9-12-19(24)21(25)23-18-13-14-18/h2,5-7,10-11,18-20H,1,3-4,8-9,12-16H2,(H,23,25)/t19?,20-/m1/s1. The second-order valence-corrected chi connectivity index (χ2v) is 7.42. The number of likely N-dealkylation sites (tertiary alicyclic amines) is 1. The molecule has 1 aliphatic heterocycles. The molecule has 5 heteroatoms. The summed E-state index contributed by atoms with van der Waals surface area (Å²) in [6, 6.07) is 9.53. The first-order valence-corrected chi connectivity index (χ1v) is 10.1. The summed E-state index contributed by atoms with van der Waals surface area (Å²) >= 11 is 0. The maximum Gasteiger partial charge on any atom is 0.257 e. The molecule has 0 spiro atoms. The van der Waals surface area contributed by atoms with Gasteiger partial charge >= 0.3 is 0 Å². The highest BCUT2D eigenvalue weighted by Gasteiger charge is 2.39. The molecular weight excluding hydrogens is 340 g/mol. The molecule has 2 atom stereocenters. The highest BCUT2D eigenvalue weighted by atomic mass is 16.5. The van der Waals surface area contributed by atoms with Gasteiger partial charge < -0.3 is 15.0 Å². The van der Waals surface area contributed by atoms with E-state index >= 15 is 0 Å². The number of hydrogen-bond donors (Lipinski definition) is 1. The molecule has 1 unspecified atom stereocenters. The van der Waals surface area contributed by atoms with Gasteiger partial charge in [0, 0.05) is 19.2 Å². The number of carbonyl (C=O) groups is 2. The SMILES string of the molecule is C=CCCCCO[C@@H](C(=O)N1CCCC1C(=O)NC1CC1)c1ccccc1. The Bertz CT molecular complexity index is 642. The fourth-order valence-corrected chi connectivity index (χ4v) is 3.51. The summed E-state index contributed by atoms with van der Waals surface area (Å²) < 4.78 is 6.01.